The molecule has 8 rings (SSSR count). The molecule has 0 fully saturated rings. The Morgan fingerprint density at radius 1 is 0.589 bits per heavy atom. The van der Waals surface area contributed by atoms with Gasteiger partial charge in [-0.1, -0.05) is 91.0 Å². The monoisotopic (exact) mass is 997 g/mol. The third-order valence-electron chi connectivity index (χ3n) is 12.9. The fourth-order valence-corrected chi connectivity index (χ4v) is 7.87. The van der Waals surface area contributed by atoms with Gasteiger partial charge in [0.25, 0.3) is 0 Å². The van der Waals surface area contributed by atoms with E-state index < -0.39 is 47.7 Å². The van der Waals surface area contributed by atoms with Gasteiger partial charge in [-0.2, -0.15) is 0 Å². The van der Waals surface area contributed by atoms with Crippen LogP contribution in [0.1, 0.15) is 80.7 Å². The quantitative estimate of drug-likeness (QED) is 0.0513. The number of aliphatic carboxylic acids is 2. The second-order valence-electron chi connectivity index (χ2n) is 18.4. The van der Waals surface area contributed by atoms with E-state index in [-0.39, 0.29) is 11.5 Å². The average molecular weight is 998 g/mol. The number of benzene rings is 6. The van der Waals surface area contributed by atoms with Crippen molar-refractivity contribution in [3.63, 3.8) is 0 Å². The van der Waals surface area contributed by atoms with Gasteiger partial charge >= 0.3 is 11.9 Å². The number of carboxylic acids is 2. The van der Waals surface area contributed by atoms with Crippen molar-refractivity contribution in [2.45, 2.75) is 59.9 Å². The van der Waals surface area contributed by atoms with Crippen LogP contribution in [-0.4, -0.2) is 83.8 Å². The van der Waals surface area contributed by atoms with Gasteiger partial charge in [0, 0.05) is 16.7 Å². The lowest BCUT2D eigenvalue weighted by molar-refractivity contribution is -0.150. The van der Waals surface area contributed by atoms with Gasteiger partial charge in [0.2, 0.25) is 0 Å². The number of aliphatic hydroxyl groups excluding tert-OH is 2. The lowest BCUT2D eigenvalue weighted by atomic mass is 9.84. The van der Waals surface area contributed by atoms with E-state index in [1.54, 1.807) is 37.3 Å². The van der Waals surface area contributed by atoms with E-state index in [9.17, 15) is 24.6 Å². The zero-order valence-electron chi connectivity index (χ0n) is 41.8. The minimum absolute atomic E-state index is 0.159. The van der Waals surface area contributed by atoms with E-state index in [1.807, 2.05) is 119 Å². The molecule has 12 nitrogen and oxygen atoms in total. The fraction of sp³-hybridized carbons (Fsp3) is 0.271. The SMILES string of the molecule is CC(N)(CO)C(=O)O.Cc1ccc(C=O)cc1/C=C/c1cccc(-c2ccc3c(c2F)OCCO3)c1C.Cc1ccc(CCC(C)(CO)C(=O)O)cc1/C=C/c1cccc(-c2ccc3c(c2F)OCCO3)c1C. The molecule has 6 N–H and O–H groups in total. The molecule has 0 radical (unpaired) electrons. The summed E-state index contributed by atoms with van der Waals surface area (Å²) in [6.07, 6.45) is 9.73. The Bertz CT molecular complexity index is 3050. The normalized spacial score (nSPS) is 14.2. The molecule has 6 aromatic carbocycles. The van der Waals surface area contributed by atoms with Crippen LogP contribution in [0.2, 0.25) is 0 Å². The Labute approximate surface area is 424 Å². The first-order valence-electron chi connectivity index (χ1n) is 23.7. The Morgan fingerprint density at radius 2 is 1.05 bits per heavy atom. The predicted molar refractivity (Wildman–Crippen MR) is 279 cm³/mol. The van der Waals surface area contributed by atoms with Crippen molar-refractivity contribution in [1.82, 2.24) is 0 Å². The molecule has 0 aromatic heterocycles. The summed E-state index contributed by atoms with van der Waals surface area (Å²) in [4.78, 5) is 32.5. The maximum Gasteiger partial charge on any atom is 0.325 e. The molecule has 0 spiro atoms. The van der Waals surface area contributed by atoms with Crippen LogP contribution in [-0.2, 0) is 16.0 Å². The number of carbonyl (C=O) groups excluding carboxylic acids is 1. The van der Waals surface area contributed by atoms with Gasteiger partial charge in [0.05, 0.1) is 18.6 Å². The van der Waals surface area contributed by atoms with Crippen molar-refractivity contribution in [2.75, 3.05) is 39.6 Å². The molecule has 382 valence electrons. The number of nitrogens with two attached hydrogens (primary N) is 1. The Balaban J connectivity index is 0.000000210. The molecule has 6 aromatic rings. The zero-order valence-corrected chi connectivity index (χ0v) is 41.8. The Morgan fingerprint density at radius 3 is 1.49 bits per heavy atom. The van der Waals surface area contributed by atoms with Crippen molar-refractivity contribution >= 4 is 42.5 Å². The summed E-state index contributed by atoms with van der Waals surface area (Å²) in [6.45, 7) is 11.3. The first-order valence-corrected chi connectivity index (χ1v) is 23.7. The summed E-state index contributed by atoms with van der Waals surface area (Å²) in [5, 5.41) is 35.4. The number of rotatable bonds is 14. The van der Waals surface area contributed by atoms with Crippen LogP contribution in [0.5, 0.6) is 23.0 Å². The highest BCUT2D eigenvalue weighted by atomic mass is 19.1. The number of hydrogen-bond donors (Lipinski definition) is 5. The summed E-state index contributed by atoms with van der Waals surface area (Å²) in [7, 11) is 0. The van der Waals surface area contributed by atoms with Crippen LogP contribution < -0.4 is 24.7 Å². The van der Waals surface area contributed by atoms with Crippen molar-refractivity contribution in [1.29, 1.82) is 0 Å². The van der Waals surface area contributed by atoms with Gasteiger partial charge in [-0.25, -0.2) is 8.78 Å². The summed E-state index contributed by atoms with van der Waals surface area (Å²) < 4.78 is 52.3. The van der Waals surface area contributed by atoms with E-state index in [4.69, 9.17) is 34.9 Å². The van der Waals surface area contributed by atoms with E-state index in [2.05, 4.69) is 0 Å². The second-order valence-corrected chi connectivity index (χ2v) is 18.4. The molecule has 14 heteroatoms. The molecule has 2 aliphatic rings. The Hall–Kier alpha value is -7.65. The highest BCUT2D eigenvalue weighted by Crippen LogP contribution is 2.41. The van der Waals surface area contributed by atoms with E-state index in [1.165, 1.54) is 6.92 Å². The molecule has 2 atom stereocenters. The first-order chi connectivity index (χ1) is 34.8. The summed E-state index contributed by atoms with van der Waals surface area (Å²) >= 11 is 0. The zero-order chi connectivity index (χ0) is 53.0. The van der Waals surface area contributed by atoms with E-state index in [0.29, 0.717) is 67.5 Å². The van der Waals surface area contributed by atoms with Gasteiger partial charge in [-0.3, -0.25) is 14.4 Å². The lowest BCUT2D eigenvalue weighted by Gasteiger charge is -2.22. The highest BCUT2D eigenvalue weighted by Gasteiger charge is 2.32. The maximum atomic E-state index is 15.3. The third kappa shape index (κ3) is 13.1. The minimum atomic E-state index is -1.49. The third-order valence-corrected chi connectivity index (χ3v) is 12.9. The molecule has 0 saturated heterocycles. The molecular formula is C59H61F2NO11. The topological polar surface area (TPSA) is 195 Å². The molecule has 0 aliphatic carbocycles. The number of hydrogen-bond acceptors (Lipinski definition) is 10. The Kier molecular flexibility index (Phi) is 18.1. The van der Waals surface area contributed by atoms with Crippen LogP contribution in [0, 0.1) is 44.7 Å². The molecule has 73 heavy (non-hydrogen) atoms. The van der Waals surface area contributed by atoms with E-state index in [0.717, 1.165) is 67.5 Å². The second kappa shape index (κ2) is 24.2. The minimum Gasteiger partial charge on any atom is -0.486 e. The van der Waals surface area contributed by atoms with Crippen LogP contribution in [0.25, 0.3) is 46.6 Å². The number of aldehydes is 1. The van der Waals surface area contributed by atoms with E-state index >= 15 is 8.78 Å². The van der Waals surface area contributed by atoms with Gasteiger partial charge in [-0.15, -0.1) is 0 Å². The van der Waals surface area contributed by atoms with Crippen LogP contribution in [0.3, 0.4) is 0 Å². The molecule has 0 saturated carbocycles. The van der Waals surface area contributed by atoms with Gasteiger partial charge in [0.1, 0.15) is 38.3 Å². The predicted octanol–water partition coefficient (Wildman–Crippen LogP) is 10.7. The van der Waals surface area contributed by atoms with Gasteiger partial charge in [-0.05, 0) is 146 Å². The number of fused-ring (bicyclic) bond motifs is 2. The van der Waals surface area contributed by atoms with Crippen LogP contribution >= 0.6 is 0 Å². The molecule has 2 heterocycles. The molecule has 2 unspecified atom stereocenters. The van der Waals surface area contributed by atoms with Crippen LogP contribution in [0.4, 0.5) is 8.78 Å². The number of halogens is 2. The number of ether oxygens (including phenoxy) is 4. The molecular weight excluding hydrogens is 937 g/mol. The van der Waals surface area contributed by atoms with Crippen molar-refractivity contribution in [2.24, 2.45) is 11.1 Å². The smallest absolute Gasteiger partial charge is 0.325 e. The molecule has 0 bridgehead atoms. The summed E-state index contributed by atoms with van der Waals surface area (Å²) in [5.41, 5.74) is 14.6. The highest BCUT2D eigenvalue weighted by molar-refractivity contribution is 5.83. The van der Waals surface area contributed by atoms with Crippen molar-refractivity contribution < 1.29 is 62.5 Å². The average Bonchev–Trinajstić information content (AvgIpc) is 3.39. The van der Waals surface area contributed by atoms with Gasteiger partial charge in [0.15, 0.2) is 34.6 Å². The number of aliphatic hydroxyl groups is 2. The maximum absolute atomic E-state index is 15.3. The fourth-order valence-electron chi connectivity index (χ4n) is 7.87. The molecule has 0 amide bonds. The summed E-state index contributed by atoms with van der Waals surface area (Å²) in [6, 6.07) is 30.2. The number of carboxylic acid groups (broad SMARTS) is 2. The number of aryl methyl sites for hydroxylation is 3. The standard InChI is InChI=1S/C30H31FO5.C25H21FO3.C4H9NO3/c1-19-7-8-21(13-14-30(3,18-32)29(33)34)17-23(19)10-9-22-5-4-6-24(20(22)2)25-11-12-26-28(27(25)31)36-16-15-35-26;1-16-6-7-18(15-27)14-20(16)9-8-19-4-3-5-21(17(19)2)22-10-11-23-25(24(22)26)29-13-12-28-23;1-4(5,2-6)3(7)8/h4-12,17,32H,13-16,18H2,1-3H3,(H,33,34);3-11,14-15H,12-13H2,1-2H3;6H,2,5H2,1H3,(H,7,8)/b10-9+;9-8+;. The number of carbonyl (C=O) groups is 3. The lowest BCUT2D eigenvalue weighted by Crippen LogP contribution is -2.48. The van der Waals surface area contributed by atoms with Gasteiger partial charge < -0.3 is 45.1 Å². The largest absolute Gasteiger partial charge is 0.486 e. The van der Waals surface area contributed by atoms with Crippen LogP contribution in [0.15, 0.2) is 97.1 Å². The van der Waals surface area contributed by atoms with Crippen molar-refractivity contribution in [3.05, 3.63) is 164 Å². The molecule has 2 aliphatic heterocycles. The van der Waals surface area contributed by atoms with Crippen molar-refractivity contribution in [3.8, 4) is 45.3 Å². The first kappa shape index (κ1) is 54.7. The summed E-state index contributed by atoms with van der Waals surface area (Å²) in [5.74, 6) is -1.81.